The van der Waals surface area contributed by atoms with E-state index in [-0.39, 0.29) is 12.5 Å². The summed E-state index contributed by atoms with van der Waals surface area (Å²) in [7, 11) is 5.79. The molecule has 9 heteroatoms. The van der Waals surface area contributed by atoms with Crippen LogP contribution < -0.4 is 5.32 Å². The van der Waals surface area contributed by atoms with Crippen molar-refractivity contribution in [2.45, 2.75) is 26.3 Å². The average Bonchev–Trinajstić information content (AvgIpc) is 3.50. The number of oxazole rings is 1. The van der Waals surface area contributed by atoms with Crippen LogP contribution in [-0.4, -0.2) is 79.6 Å². The summed E-state index contributed by atoms with van der Waals surface area (Å²) in [5, 5.41) is 28.5. The molecule has 1 aromatic heterocycles. The average molecular weight is 443 g/mol. The van der Waals surface area contributed by atoms with Crippen molar-refractivity contribution in [3.63, 3.8) is 0 Å². The van der Waals surface area contributed by atoms with Crippen LogP contribution in [0.1, 0.15) is 36.5 Å². The zero-order valence-electron chi connectivity index (χ0n) is 19.6. The molecule has 0 spiro atoms. The maximum Gasteiger partial charge on any atom is 0.260 e. The van der Waals surface area contributed by atoms with Gasteiger partial charge in [0.15, 0.2) is 12.0 Å². The van der Waals surface area contributed by atoms with Gasteiger partial charge in [-0.2, -0.15) is 10.5 Å². The zero-order valence-corrected chi connectivity index (χ0v) is 19.6. The quantitative estimate of drug-likeness (QED) is 0.529. The summed E-state index contributed by atoms with van der Waals surface area (Å²) in [4.78, 5) is 17.8. The highest BCUT2D eigenvalue weighted by Gasteiger charge is 2.18. The van der Waals surface area contributed by atoms with E-state index < -0.39 is 0 Å². The molecule has 0 aliphatic carbocycles. The first-order valence-corrected chi connectivity index (χ1v) is 10.5. The van der Waals surface area contributed by atoms with Gasteiger partial charge in [-0.1, -0.05) is 26.0 Å². The Morgan fingerprint density at radius 2 is 2.09 bits per heavy atom. The fourth-order valence-corrected chi connectivity index (χ4v) is 2.50. The molecule has 32 heavy (non-hydrogen) atoms. The number of aliphatic hydroxyl groups excluding tert-OH is 1. The molecule has 1 saturated heterocycles. The van der Waals surface area contributed by atoms with Gasteiger partial charge in [-0.05, 0) is 39.7 Å². The van der Waals surface area contributed by atoms with Crippen molar-refractivity contribution in [3.05, 3.63) is 41.9 Å². The maximum absolute atomic E-state index is 10.4. The van der Waals surface area contributed by atoms with Crippen molar-refractivity contribution < 1.29 is 14.3 Å². The number of carbonyl (C=O) groups excluding carboxylic acids is 1. The van der Waals surface area contributed by atoms with Gasteiger partial charge >= 0.3 is 0 Å². The third-order valence-electron chi connectivity index (χ3n) is 4.19. The number of nitriles is 2. The first-order chi connectivity index (χ1) is 15.5. The van der Waals surface area contributed by atoms with E-state index in [4.69, 9.17) is 20.0 Å². The van der Waals surface area contributed by atoms with E-state index >= 15 is 0 Å². The lowest BCUT2D eigenvalue weighted by atomic mass is 10.1. The van der Waals surface area contributed by atoms with E-state index in [0.717, 1.165) is 31.6 Å². The molecule has 1 aliphatic rings. The number of hydrogen-bond donors (Lipinski definition) is 2. The van der Waals surface area contributed by atoms with Crippen molar-refractivity contribution in [2.24, 2.45) is 0 Å². The highest BCUT2D eigenvalue weighted by molar-refractivity contribution is 5.69. The smallest absolute Gasteiger partial charge is 0.260 e. The number of likely N-dealkylation sites (tertiary alicyclic amines) is 1. The molecule has 0 saturated carbocycles. The molecule has 3 rings (SSSR count). The highest BCUT2D eigenvalue weighted by atomic mass is 16.4. The summed E-state index contributed by atoms with van der Waals surface area (Å²) in [6.45, 7) is 6.82. The molecule has 0 radical (unpaired) electrons. The molecule has 2 N–H and O–H groups in total. The molecule has 9 nitrogen and oxygen atoms in total. The molecule has 1 fully saturated rings. The van der Waals surface area contributed by atoms with Gasteiger partial charge in [-0.15, -0.1) is 0 Å². The zero-order chi connectivity index (χ0) is 24.4. The van der Waals surface area contributed by atoms with Gasteiger partial charge in [0.2, 0.25) is 6.29 Å². The minimum Gasteiger partial charge on any atom is -0.434 e. The molecule has 174 valence electrons. The molecule has 1 aromatic carbocycles. The van der Waals surface area contributed by atoms with E-state index in [1.54, 1.807) is 29.2 Å². The van der Waals surface area contributed by atoms with Gasteiger partial charge in [0, 0.05) is 31.2 Å². The lowest BCUT2D eigenvalue weighted by Crippen LogP contribution is -2.27. The number of hydrogen-bond acceptors (Lipinski definition) is 9. The van der Waals surface area contributed by atoms with Gasteiger partial charge in [-0.25, -0.2) is 4.98 Å². The normalized spacial score (nSPS) is 13.9. The molecule has 0 amide bonds. The molecule has 1 aliphatic heterocycles. The molecular formula is C23H34N6O3. The number of nitrogens with zero attached hydrogens (tertiary/aromatic N) is 5. The number of benzene rings is 1. The standard InChI is InChI=1S/C11H6N2O2.C6H11N3.C4H11NO.C2H6/c12-5-8-2-1-3-9(4-8)10-6-13-11(7-14)15-10;1-8-6-2-3-9(4-6)5-7;1-5(2)3-4-6;1-2/h1-4,6-7H;6,8H,2-4H2,1H3;6H,3-4H2,1-2H3;1-2H3. The predicted octanol–water partition coefficient (Wildman–Crippen LogP) is 2.35. The van der Waals surface area contributed by atoms with Crippen LogP contribution in [0.5, 0.6) is 0 Å². The summed E-state index contributed by atoms with van der Waals surface area (Å²) in [5.74, 6) is 0.515. The number of aromatic nitrogens is 1. The molecule has 0 bridgehead atoms. The van der Waals surface area contributed by atoms with Crippen molar-refractivity contribution in [1.29, 1.82) is 10.5 Å². The van der Waals surface area contributed by atoms with Gasteiger partial charge in [0.1, 0.15) is 0 Å². The van der Waals surface area contributed by atoms with Crippen molar-refractivity contribution in [2.75, 3.05) is 47.4 Å². The lowest BCUT2D eigenvalue weighted by Gasteiger charge is -2.06. The topological polar surface area (TPSA) is 129 Å². The van der Waals surface area contributed by atoms with Crippen LogP contribution in [0.3, 0.4) is 0 Å². The van der Waals surface area contributed by atoms with Gasteiger partial charge in [0.05, 0.1) is 24.4 Å². The van der Waals surface area contributed by atoms with Crippen LogP contribution >= 0.6 is 0 Å². The third kappa shape index (κ3) is 11.2. The number of nitrogens with one attached hydrogen (secondary N) is 1. The third-order valence-corrected chi connectivity index (χ3v) is 4.19. The summed E-state index contributed by atoms with van der Waals surface area (Å²) in [6, 6.07) is 9.46. The number of carbonyl (C=O) groups is 1. The second-order valence-corrected chi connectivity index (χ2v) is 6.72. The maximum atomic E-state index is 10.4. The van der Waals surface area contributed by atoms with E-state index in [1.165, 1.54) is 6.20 Å². The Hall–Kier alpha value is -3.24. The van der Waals surface area contributed by atoms with Crippen molar-refractivity contribution >= 4 is 6.29 Å². The Morgan fingerprint density at radius 1 is 1.38 bits per heavy atom. The fraction of sp³-hybridized carbons (Fsp3) is 0.478. The summed E-state index contributed by atoms with van der Waals surface area (Å²) in [5.41, 5.74) is 1.27. The van der Waals surface area contributed by atoms with Crippen LogP contribution in [-0.2, 0) is 0 Å². The number of aliphatic hydroxyl groups is 1. The van der Waals surface area contributed by atoms with Crippen molar-refractivity contribution in [1.82, 2.24) is 20.1 Å². The SMILES string of the molecule is CC.CN(C)CCO.CNC1CCN(C#N)C1.N#Cc1cccc(-c2cnc(C=O)o2)c1. The van der Waals surface area contributed by atoms with Crippen LogP contribution in [0, 0.1) is 22.8 Å². The Labute approximate surface area is 190 Å². The van der Waals surface area contributed by atoms with Crippen LogP contribution in [0.2, 0.25) is 0 Å². The minimum atomic E-state index is 0.0346. The largest absolute Gasteiger partial charge is 0.434 e. The molecule has 2 heterocycles. The molecule has 2 aromatic rings. The van der Waals surface area contributed by atoms with E-state index in [1.807, 2.05) is 46.0 Å². The molecular weight excluding hydrogens is 408 g/mol. The van der Waals surface area contributed by atoms with E-state index in [9.17, 15) is 4.79 Å². The summed E-state index contributed by atoms with van der Waals surface area (Å²) >= 11 is 0. The Balaban J connectivity index is 0.000000483. The van der Waals surface area contributed by atoms with Gasteiger partial charge in [0.25, 0.3) is 5.89 Å². The molecule has 1 unspecified atom stereocenters. The minimum absolute atomic E-state index is 0.0346. The number of aldehydes is 1. The highest BCUT2D eigenvalue weighted by Crippen LogP contribution is 2.20. The summed E-state index contributed by atoms with van der Waals surface area (Å²) < 4.78 is 5.13. The van der Waals surface area contributed by atoms with E-state index in [2.05, 4.69) is 16.5 Å². The summed E-state index contributed by atoms with van der Waals surface area (Å²) in [6.07, 6.45) is 5.22. The number of rotatable bonds is 5. The van der Waals surface area contributed by atoms with Crippen LogP contribution in [0.4, 0.5) is 0 Å². The number of likely N-dealkylation sites (N-methyl/N-ethyl adjacent to an activating group) is 2. The second-order valence-electron chi connectivity index (χ2n) is 6.72. The van der Waals surface area contributed by atoms with Gasteiger partial charge < -0.3 is 24.6 Å². The monoisotopic (exact) mass is 442 g/mol. The van der Waals surface area contributed by atoms with E-state index in [0.29, 0.717) is 23.7 Å². The molecule has 1 atom stereocenters. The predicted molar refractivity (Wildman–Crippen MR) is 124 cm³/mol. The Bertz CT molecular complexity index is 854. The van der Waals surface area contributed by atoms with Crippen LogP contribution in [0.25, 0.3) is 11.3 Å². The second kappa shape index (κ2) is 17.4. The Morgan fingerprint density at radius 3 is 2.50 bits per heavy atom. The van der Waals surface area contributed by atoms with Gasteiger partial charge in [-0.3, -0.25) is 4.79 Å². The van der Waals surface area contributed by atoms with Crippen molar-refractivity contribution in [3.8, 4) is 23.6 Å². The first kappa shape index (κ1) is 28.8. The first-order valence-electron chi connectivity index (χ1n) is 10.5. The fourth-order valence-electron chi connectivity index (χ4n) is 2.50. The Kier molecular flexibility index (Phi) is 15.7. The lowest BCUT2D eigenvalue weighted by molar-refractivity contribution is 0.109. The van der Waals surface area contributed by atoms with Crippen LogP contribution in [0.15, 0.2) is 34.9 Å².